The molecular weight excluding hydrogens is 236 g/mol. The summed E-state index contributed by atoms with van der Waals surface area (Å²) >= 11 is 0. The molecule has 1 saturated heterocycles. The van der Waals surface area contributed by atoms with Crippen molar-refractivity contribution in [3.05, 3.63) is 0 Å². The van der Waals surface area contributed by atoms with Crippen molar-refractivity contribution in [2.45, 2.75) is 78.7 Å². The Morgan fingerprint density at radius 2 is 1.68 bits per heavy atom. The van der Waals surface area contributed by atoms with Gasteiger partial charge in [-0.3, -0.25) is 4.79 Å². The molecule has 2 nitrogen and oxygen atoms in total. The maximum atomic E-state index is 11.9. The maximum absolute atomic E-state index is 11.9. The standard InChI is InChI=1S/C17H28O2/c1-14(2)7-6-8-15(3)12-11-13(18)19-16(12,4)9-10-17(14,15)5/h12H,6-11H2,1-5H3/t12-,15-,16-,17+/m1/s1. The summed E-state index contributed by atoms with van der Waals surface area (Å²) in [4.78, 5) is 11.9. The molecule has 0 aromatic carbocycles. The lowest BCUT2D eigenvalue weighted by Gasteiger charge is -2.66. The largest absolute Gasteiger partial charge is 0.459 e. The minimum absolute atomic E-state index is 0.0290. The third-order valence-electron chi connectivity index (χ3n) is 7.60. The van der Waals surface area contributed by atoms with Crippen molar-refractivity contribution in [2.24, 2.45) is 22.2 Å². The van der Waals surface area contributed by atoms with Gasteiger partial charge in [0.2, 0.25) is 0 Å². The molecule has 19 heavy (non-hydrogen) atoms. The van der Waals surface area contributed by atoms with E-state index in [1.165, 1.54) is 25.7 Å². The van der Waals surface area contributed by atoms with E-state index in [0.717, 1.165) is 6.42 Å². The smallest absolute Gasteiger partial charge is 0.306 e. The van der Waals surface area contributed by atoms with Crippen LogP contribution in [0.2, 0.25) is 0 Å². The van der Waals surface area contributed by atoms with E-state index >= 15 is 0 Å². The molecule has 0 unspecified atom stereocenters. The predicted molar refractivity (Wildman–Crippen MR) is 75.7 cm³/mol. The number of rotatable bonds is 0. The molecule has 2 saturated carbocycles. The highest BCUT2D eigenvalue weighted by atomic mass is 16.6. The summed E-state index contributed by atoms with van der Waals surface area (Å²) in [5.41, 5.74) is 0.746. The molecule has 0 aromatic heterocycles. The zero-order valence-electron chi connectivity index (χ0n) is 13.1. The van der Waals surface area contributed by atoms with E-state index in [9.17, 15) is 4.79 Å². The first-order valence-corrected chi connectivity index (χ1v) is 7.87. The van der Waals surface area contributed by atoms with Crippen LogP contribution in [0.4, 0.5) is 0 Å². The van der Waals surface area contributed by atoms with E-state index in [0.29, 0.717) is 23.2 Å². The van der Waals surface area contributed by atoms with Crippen LogP contribution in [0.5, 0.6) is 0 Å². The Labute approximate surface area is 117 Å². The lowest BCUT2D eigenvalue weighted by atomic mass is 9.38. The second-order valence-corrected chi connectivity index (χ2v) is 8.53. The first kappa shape index (κ1) is 13.5. The van der Waals surface area contributed by atoms with E-state index in [1.807, 2.05) is 0 Å². The van der Waals surface area contributed by atoms with Crippen LogP contribution in [0.25, 0.3) is 0 Å². The molecule has 3 aliphatic rings. The first-order valence-electron chi connectivity index (χ1n) is 7.87. The van der Waals surface area contributed by atoms with Gasteiger partial charge in [-0.25, -0.2) is 0 Å². The molecular formula is C17H28O2. The summed E-state index contributed by atoms with van der Waals surface area (Å²) in [6.07, 6.45) is 6.73. The SMILES string of the molecule is CC1(C)CCC[C@]2(C)[C@H]3CC(=O)O[C@]3(C)CC[C@@]12C. The third-order valence-corrected chi connectivity index (χ3v) is 7.60. The Morgan fingerprint density at radius 3 is 2.37 bits per heavy atom. The average molecular weight is 264 g/mol. The highest BCUT2D eigenvalue weighted by Gasteiger charge is 2.67. The minimum Gasteiger partial charge on any atom is -0.459 e. The molecule has 1 heterocycles. The lowest BCUT2D eigenvalue weighted by Crippen LogP contribution is -2.61. The Hall–Kier alpha value is -0.530. The van der Waals surface area contributed by atoms with Gasteiger partial charge >= 0.3 is 5.97 Å². The molecule has 2 heteroatoms. The molecule has 0 N–H and O–H groups in total. The van der Waals surface area contributed by atoms with Crippen molar-refractivity contribution in [2.75, 3.05) is 0 Å². The van der Waals surface area contributed by atoms with Gasteiger partial charge in [0.15, 0.2) is 0 Å². The number of ether oxygens (including phenoxy) is 1. The van der Waals surface area contributed by atoms with Gasteiger partial charge in [-0.2, -0.15) is 0 Å². The first-order chi connectivity index (χ1) is 8.65. The summed E-state index contributed by atoms with van der Waals surface area (Å²) in [7, 11) is 0. The second kappa shape index (κ2) is 3.56. The molecule has 0 bridgehead atoms. The molecule has 2 aliphatic carbocycles. The van der Waals surface area contributed by atoms with Crippen LogP contribution >= 0.6 is 0 Å². The summed E-state index contributed by atoms with van der Waals surface area (Å²) < 4.78 is 5.74. The Balaban J connectivity index is 2.08. The molecule has 0 spiro atoms. The van der Waals surface area contributed by atoms with Gasteiger partial charge in [0.1, 0.15) is 5.60 Å². The number of esters is 1. The summed E-state index contributed by atoms with van der Waals surface area (Å²) in [5.74, 6) is 0.437. The van der Waals surface area contributed by atoms with Gasteiger partial charge in [-0.05, 0) is 48.9 Å². The van der Waals surface area contributed by atoms with Gasteiger partial charge in [0.05, 0.1) is 6.42 Å². The van der Waals surface area contributed by atoms with Gasteiger partial charge in [-0.15, -0.1) is 0 Å². The zero-order chi connectivity index (χ0) is 14.1. The fraction of sp³-hybridized carbons (Fsp3) is 0.941. The molecule has 3 rings (SSSR count). The summed E-state index contributed by atoms with van der Waals surface area (Å²) in [6, 6.07) is 0. The highest BCUT2D eigenvalue weighted by molar-refractivity contribution is 5.73. The van der Waals surface area contributed by atoms with E-state index in [2.05, 4.69) is 34.6 Å². The zero-order valence-corrected chi connectivity index (χ0v) is 13.1. The normalized spacial score (nSPS) is 52.3. The molecule has 1 aliphatic heterocycles. The Morgan fingerprint density at radius 1 is 1.00 bits per heavy atom. The fourth-order valence-corrected chi connectivity index (χ4v) is 5.78. The second-order valence-electron chi connectivity index (χ2n) is 8.53. The molecule has 0 aromatic rings. The Bertz CT molecular complexity index is 427. The lowest BCUT2D eigenvalue weighted by molar-refractivity contribution is -0.201. The number of carbonyl (C=O) groups excluding carboxylic acids is 1. The molecule has 3 fully saturated rings. The van der Waals surface area contributed by atoms with Crippen molar-refractivity contribution in [3.8, 4) is 0 Å². The third kappa shape index (κ3) is 1.46. The van der Waals surface area contributed by atoms with E-state index < -0.39 is 0 Å². The molecule has 108 valence electrons. The predicted octanol–water partition coefficient (Wildman–Crippen LogP) is 4.32. The summed E-state index contributed by atoms with van der Waals surface area (Å²) in [6.45, 7) is 12.0. The van der Waals surface area contributed by atoms with E-state index in [4.69, 9.17) is 4.74 Å². The monoisotopic (exact) mass is 264 g/mol. The van der Waals surface area contributed by atoms with Gasteiger partial charge < -0.3 is 4.74 Å². The van der Waals surface area contributed by atoms with Crippen LogP contribution in [-0.4, -0.2) is 11.6 Å². The van der Waals surface area contributed by atoms with Crippen molar-refractivity contribution >= 4 is 5.97 Å². The van der Waals surface area contributed by atoms with Crippen LogP contribution < -0.4 is 0 Å². The van der Waals surface area contributed by atoms with Crippen LogP contribution in [0.15, 0.2) is 0 Å². The van der Waals surface area contributed by atoms with Crippen LogP contribution in [0.3, 0.4) is 0 Å². The van der Waals surface area contributed by atoms with Crippen LogP contribution in [0.1, 0.15) is 73.1 Å². The van der Waals surface area contributed by atoms with Crippen molar-refractivity contribution in [3.63, 3.8) is 0 Å². The van der Waals surface area contributed by atoms with Crippen molar-refractivity contribution in [1.82, 2.24) is 0 Å². The molecule has 0 amide bonds. The van der Waals surface area contributed by atoms with Crippen molar-refractivity contribution < 1.29 is 9.53 Å². The van der Waals surface area contributed by atoms with Crippen molar-refractivity contribution in [1.29, 1.82) is 0 Å². The minimum atomic E-state index is -0.196. The van der Waals surface area contributed by atoms with E-state index in [-0.39, 0.29) is 17.0 Å². The quantitative estimate of drug-likeness (QED) is 0.609. The topological polar surface area (TPSA) is 26.3 Å². The van der Waals surface area contributed by atoms with E-state index in [1.54, 1.807) is 0 Å². The van der Waals surface area contributed by atoms with Gasteiger partial charge in [-0.1, -0.05) is 34.1 Å². The number of hydrogen-bond acceptors (Lipinski definition) is 2. The number of carbonyl (C=O) groups is 1. The number of hydrogen-bond donors (Lipinski definition) is 0. The van der Waals surface area contributed by atoms with Gasteiger partial charge in [0.25, 0.3) is 0 Å². The highest BCUT2D eigenvalue weighted by Crippen LogP contribution is 2.71. The molecule has 4 atom stereocenters. The average Bonchev–Trinajstić information content (AvgIpc) is 2.60. The Kier molecular flexibility index (Phi) is 2.52. The van der Waals surface area contributed by atoms with Crippen LogP contribution in [-0.2, 0) is 9.53 Å². The maximum Gasteiger partial charge on any atom is 0.306 e. The van der Waals surface area contributed by atoms with Crippen LogP contribution in [0, 0.1) is 22.2 Å². The summed E-state index contributed by atoms with van der Waals surface area (Å²) in [5, 5.41) is 0. The fourth-order valence-electron chi connectivity index (χ4n) is 5.78. The van der Waals surface area contributed by atoms with Gasteiger partial charge in [0, 0.05) is 5.92 Å². The number of fused-ring (bicyclic) bond motifs is 3. The molecule has 0 radical (unpaired) electrons.